The average molecular weight is 164 g/mol. The zero-order chi connectivity index (χ0) is 9.14. The number of rotatable bonds is 2. The summed E-state index contributed by atoms with van der Waals surface area (Å²) in [7, 11) is 1.96. The predicted molar refractivity (Wildman–Crippen MR) is 51.2 cm³/mol. The lowest BCUT2D eigenvalue weighted by molar-refractivity contribution is 0.648. The van der Waals surface area contributed by atoms with Crippen molar-refractivity contribution in [2.24, 2.45) is 0 Å². The third-order valence-electron chi connectivity index (χ3n) is 2.29. The van der Waals surface area contributed by atoms with E-state index in [0.717, 1.165) is 5.69 Å². The number of aromatic nitrogens is 1. The molecule has 1 heterocycles. The van der Waals surface area contributed by atoms with Gasteiger partial charge in [0, 0.05) is 17.9 Å². The maximum absolute atomic E-state index is 4.31. The molecule has 12 heavy (non-hydrogen) atoms. The Kier molecular flexibility index (Phi) is 2.82. The third kappa shape index (κ3) is 1.83. The van der Waals surface area contributed by atoms with Crippen LogP contribution in [0.4, 0.5) is 0 Å². The summed E-state index contributed by atoms with van der Waals surface area (Å²) in [4.78, 5) is 4.31. The van der Waals surface area contributed by atoms with E-state index in [4.69, 9.17) is 0 Å². The van der Waals surface area contributed by atoms with Crippen LogP contribution in [0, 0.1) is 13.8 Å². The number of nitrogens with zero attached hydrogens (tertiary/aromatic N) is 1. The quantitative estimate of drug-likeness (QED) is 0.723. The van der Waals surface area contributed by atoms with Crippen LogP contribution in [-0.2, 0) is 0 Å². The molecule has 1 atom stereocenters. The summed E-state index contributed by atoms with van der Waals surface area (Å²) >= 11 is 0. The fourth-order valence-electron chi connectivity index (χ4n) is 1.07. The Bertz CT molecular complexity index is 269. The first-order chi connectivity index (χ1) is 5.65. The van der Waals surface area contributed by atoms with E-state index >= 15 is 0 Å². The van der Waals surface area contributed by atoms with Crippen LogP contribution in [0.15, 0.2) is 12.3 Å². The van der Waals surface area contributed by atoms with Crippen LogP contribution in [0.3, 0.4) is 0 Å². The Labute approximate surface area is 74.0 Å². The van der Waals surface area contributed by atoms with Crippen molar-refractivity contribution >= 4 is 0 Å². The third-order valence-corrected chi connectivity index (χ3v) is 2.29. The summed E-state index contributed by atoms with van der Waals surface area (Å²) in [5.74, 6) is 0. The molecule has 0 aliphatic carbocycles. The number of pyridine rings is 1. The average Bonchev–Trinajstić information content (AvgIpc) is 2.08. The molecule has 2 nitrogen and oxygen atoms in total. The summed E-state index contributed by atoms with van der Waals surface area (Å²) in [6.45, 7) is 6.25. The van der Waals surface area contributed by atoms with E-state index in [0.29, 0.717) is 6.04 Å². The van der Waals surface area contributed by atoms with Crippen LogP contribution in [0.2, 0.25) is 0 Å². The Morgan fingerprint density at radius 2 is 2.08 bits per heavy atom. The van der Waals surface area contributed by atoms with Crippen LogP contribution in [0.25, 0.3) is 0 Å². The Balaban J connectivity index is 2.96. The van der Waals surface area contributed by atoms with Gasteiger partial charge in [0.1, 0.15) is 0 Å². The largest absolute Gasteiger partial charge is 0.313 e. The smallest absolute Gasteiger partial charge is 0.0402 e. The molecule has 0 aliphatic rings. The fourth-order valence-corrected chi connectivity index (χ4v) is 1.07. The van der Waals surface area contributed by atoms with Gasteiger partial charge in [0.05, 0.1) is 0 Å². The first-order valence-corrected chi connectivity index (χ1v) is 4.25. The molecule has 1 aromatic heterocycles. The highest BCUT2D eigenvalue weighted by Crippen LogP contribution is 2.13. The minimum atomic E-state index is 0.386. The molecule has 0 bridgehead atoms. The van der Waals surface area contributed by atoms with Crippen LogP contribution in [0.1, 0.15) is 29.8 Å². The first-order valence-electron chi connectivity index (χ1n) is 4.25. The predicted octanol–water partition coefficient (Wildman–Crippen LogP) is 1.98. The van der Waals surface area contributed by atoms with Gasteiger partial charge in [-0.15, -0.1) is 0 Å². The van der Waals surface area contributed by atoms with Crippen molar-refractivity contribution in [1.82, 2.24) is 10.3 Å². The molecule has 0 spiro atoms. The molecule has 0 saturated heterocycles. The summed E-state index contributed by atoms with van der Waals surface area (Å²) in [5, 5.41) is 3.19. The number of nitrogens with one attached hydrogen (secondary N) is 1. The van der Waals surface area contributed by atoms with Gasteiger partial charge in [-0.3, -0.25) is 4.98 Å². The molecule has 0 amide bonds. The van der Waals surface area contributed by atoms with Crippen molar-refractivity contribution < 1.29 is 0 Å². The van der Waals surface area contributed by atoms with Gasteiger partial charge in [0.25, 0.3) is 0 Å². The van der Waals surface area contributed by atoms with Gasteiger partial charge in [-0.25, -0.2) is 0 Å². The highest BCUT2D eigenvalue weighted by atomic mass is 14.9. The molecule has 0 fully saturated rings. The number of aryl methyl sites for hydroxylation is 2. The van der Waals surface area contributed by atoms with Crippen LogP contribution in [0.5, 0.6) is 0 Å². The van der Waals surface area contributed by atoms with Crippen molar-refractivity contribution in [2.45, 2.75) is 26.8 Å². The highest BCUT2D eigenvalue weighted by molar-refractivity contribution is 5.24. The maximum atomic E-state index is 4.31. The fraction of sp³-hybridized carbons (Fsp3) is 0.500. The summed E-state index contributed by atoms with van der Waals surface area (Å²) in [5.41, 5.74) is 3.62. The Morgan fingerprint density at radius 1 is 1.42 bits per heavy atom. The minimum absolute atomic E-state index is 0.386. The molecule has 1 unspecified atom stereocenters. The zero-order valence-electron chi connectivity index (χ0n) is 8.18. The number of hydrogen-bond acceptors (Lipinski definition) is 2. The Morgan fingerprint density at radius 3 is 2.58 bits per heavy atom. The van der Waals surface area contributed by atoms with E-state index in [-0.39, 0.29) is 0 Å². The van der Waals surface area contributed by atoms with E-state index in [1.807, 2.05) is 20.2 Å². The van der Waals surface area contributed by atoms with Crippen LogP contribution >= 0.6 is 0 Å². The molecule has 0 saturated carbocycles. The summed E-state index contributed by atoms with van der Waals surface area (Å²) in [6.07, 6.45) is 1.93. The molecular weight excluding hydrogens is 148 g/mol. The molecule has 0 aromatic carbocycles. The highest BCUT2D eigenvalue weighted by Gasteiger charge is 2.03. The van der Waals surface area contributed by atoms with Gasteiger partial charge in [-0.05, 0) is 38.9 Å². The molecule has 66 valence electrons. The summed E-state index contributed by atoms with van der Waals surface area (Å²) in [6, 6.07) is 2.57. The molecule has 0 radical (unpaired) electrons. The van der Waals surface area contributed by atoms with Crippen molar-refractivity contribution in [1.29, 1.82) is 0 Å². The molecule has 1 rings (SSSR count). The van der Waals surface area contributed by atoms with Gasteiger partial charge < -0.3 is 5.32 Å². The second kappa shape index (κ2) is 3.68. The number of hydrogen-bond donors (Lipinski definition) is 1. The lowest BCUT2D eigenvalue weighted by Gasteiger charge is -2.11. The molecule has 1 aromatic rings. The van der Waals surface area contributed by atoms with E-state index in [9.17, 15) is 0 Å². The second-order valence-electron chi connectivity index (χ2n) is 3.18. The van der Waals surface area contributed by atoms with Gasteiger partial charge in [0.15, 0.2) is 0 Å². The SMILES string of the molecule is CNC(C)c1cnc(C)c(C)c1. The van der Waals surface area contributed by atoms with E-state index in [1.54, 1.807) is 0 Å². The lowest BCUT2D eigenvalue weighted by atomic mass is 10.1. The van der Waals surface area contributed by atoms with Crippen LogP contribution in [-0.4, -0.2) is 12.0 Å². The van der Waals surface area contributed by atoms with Crippen molar-refractivity contribution in [3.05, 3.63) is 29.1 Å². The first kappa shape index (κ1) is 9.20. The second-order valence-corrected chi connectivity index (χ2v) is 3.18. The standard InChI is InChI=1S/C10H16N2/c1-7-5-10(9(3)11-4)6-12-8(7)2/h5-6,9,11H,1-4H3. The van der Waals surface area contributed by atoms with Crippen LogP contribution < -0.4 is 5.32 Å². The van der Waals surface area contributed by atoms with E-state index < -0.39 is 0 Å². The minimum Gasteiger partial charge on any atom is -0.313 e. The Hall–Kier alpha value is -0.890. The van der Waals surface area contributed by atoms with Crippen molar-refractivity contribution in [3.63, 3.8) is 0 Å². The van der Waals surface area contributed by atoms with Gasteiger partial charge in [-0.2, -0.15) is 0 Å². The molecule has 2 heteroatoms. The van der Waals surface area contributed by atoms with Gasteiger partial charge in [-0.1, -0.05) is 6.07 Å². The summed E-state index contributed by atoms with van der Waals surface area (Å²) < 4.78 is 0. The normalized spacial score (nSPS) is 13.0. The lowest BCUT2D eigenvalue weighted by Crippen LogP contribution is -2.12. The molecule has 0 aliphatic heterocycles. The molecular formula is C10H16N2. The monoisotopic (exact) mass is 164 g/mol. The maximum Gasteiger partial charge on any atom is 0.0402 e. The van der Waals surface area contributed by atoms with Crippen molar-refractivity contribution in [2.75, 3.05) is 7.05 Å². The van der Waals surface area contributed by atoms with Crippen molar-refractivity contribution in [3.8, 4) is 0 Å². The van der Waals surface area contributed by atoms with Gasteiger partial charge in [0.2, 0.25) is 0 Å². The van der Waals surface area contributed by atoms with E-state index in [2.05, 4.69) is 30.2 Å². The zero-order valence-corrected chi connectivity index (χ0v) is 8.18. The van der Waals surface area contributed by atoms with E-state index in [1.165, 1.54) is 11.1 Å². The molecule has 1 N–H and O–H groups in total. The van der Waals surface area contributed by atoms with Gasteiger partial charge >= 0.3 is 0 Å². The topological polar surface area (TPSA) is 24.9 Å².